The lowest BCUT2D eigenvalue weighted by Gasteiger charge is -2.14. The van der Waals surface area contributed by atoms with E-state index in [9.17, 15) is 4.79 Å². The van der Waals surface area contributed by atoms with Gasteiger partial charge in [0.25, 0.3) is 0 Å². The summed E-state index contributed by atoms with van der Waals surface area (Å²) in [6.07, 6.45) is -0.572. The molecule has 1 aliphatic heterocycles. The van der Waals surface area contributed by atoms with E-state index in [-0.39, 0.29) is 5.97 Å². The van der Waals surface area contributed by atoms with Gasteiger partial charge in [0.2, 0.25) is 0 Å². The summed E-state index contributed by atoms with van der Waals surface area (Å²) in [6, 6.07) is 17.8. The molecule has 0 spiro atoms. The van der Waals surface area contributed by atoms with Gasteiger partial charge in [0.05, 0.1) is 7.11 Å². The molecule has 102 valence electrons. The van der Waals surface area contributed by atoms with Gasteiger partial charge in [-0.15, -0.1) is 0 Å². The number of benzene rings is 2. The van der Waals surface area contributed by atoms with Gasteiger partial charge in [-0.25, -0.2) is 4.79 Å². The van der Waals surface area contributed by atoms with E-state index >= 15 is 0 Å². The Morgan fingerprint density at radius 2 is 1.65 bits per heavy atom. The highest BCUT2D eigenvalue weighted by atomic mass is 16.7. The van der Waals surface area contributed by atoms with Crippen molar-refractivity contribution in [3.63, 3.8) is 0 Å². The van der Waals surface area contributed by atoms with E-state index in [1.165, 1.54) is 12.7 Å². The molecule has 0 aliphatic carbocycles. The van der Waals surface area contributed by atoms with Crippen LogP contribution in [0.3, 0.4) is 0 Å². The Bertz CT molecular complexity index is 618. The SMILES string of the molecule is COC(=O)C1OC1(c1ccccc1)c1ccc(C)cc1. The van der Waals surface area contributed by atoms with Crippen molar-refractivity contribution < 1.29 is 14.3 Å². The first-order chi connectivity index (χ1) is 9.68. The quantitative estimate of drug-likeness (QED) is 0.634. The molecule has 1 heterocycles. The van der Waals surface area contributed by atoms with Crippen LogP contribution in [0.5, 0.6) is 0 Å². The molecule has 0 bridgehead atoms. The molecule has 0 saturated carbocycles. The fourth-order valence-corrected chi connectivity index (χ4v) is 2.57. The Morgan fingerprint density at radius 1 is 1.05 bits per heavy atom. The summed E-state index contributed by atoms with van der Waals surface area (Å²) in [7, 11) is 1.38. The number of carbonyl (C=O) groups is 1. The molecule has 1 saturated heterocycles. The second-order valence-corrected chi connectivity index (χ2v) is 4.99. The van der Waals surface area contributed by atoms with Gasteiger partial charge in [-0.1, -0.05) is 60.2 Å². The Kier molecular flexibility index (Phi) is 3.07. The summed E-state index contributed by atoms with van der Waals surface area (Å²) >= 11 is 0. The second kappa shape index (κ2) is 4.76. The number of epoxide rings is 1. The number of aryl methyl sites for hydroxylation is 1. The van der Waals surface area contributed by atoms with E-state index in [1.54, 1.807) is 0 Å². The molecule has 2 atom stereocenters. The normalized spacial score (nSPS) is 24.2. The van der Waals surface area contributed by atoms with Crippen LogP contribution in [0.15, 0.2) is 54.6 Å². The molecule has 1 aliphatic rings. The lowest BCUT2D eigenvalue weighted by molar-refractivity contribution is -0.142. The van der Waals surface area contributed by atoms with Crippen LogP contribution >= 0.6 is 0 Å². The largest absolute Gasteiger partial charge is 0.467 e. The molecule has 0 N–H and O–H groups in total. The van der Waals surface area contributed by atoms with Crippen molar-refractivity contribution in [2.45, 2.75) is 18.6 Å². The first kappa shape index (κ1) is 12.9. The van der Waals surface area contributed by atoms with Gasteiger partial charge in [0, 0.05) is 0 Å². The van der Waals surface area contributed by atoms with Crippen molar-refractivity contribution in [1.29, 1.82) is 0 Å². The summed E-state index contributed by atoms with van der Waals surface area (Å²) in [6.45, 7) is 2.03. The molecule has 3 rings (SSSR count). The molecule has 3 nitrogen and oxygen atoms in total. The molecule has 0 radical (unpaired) electrons. The lowest BCUT2D eigenvalue weighted by Crippen LogP contribution is -2.21. The van der Waals surface area contributed by atoms with Crippen LogP contribution in [-0.2, 0) is 19.9 Å². The van der Waals surface area contributed by atoms with E-state index in [2.05, 4.69) is 0 Å². The van der Waals surface area contributed by atoms with Crippen molar-refractivity contribution in [2.24, 2.45) is 0 Å². The number of hydrogen-bond acceptors (Lipinski definition) is 3. The number of rotatable bonds is 3. The maximum atomic E-state index is 11.9. The van der Waals surface area contributed by atoms with Crippen LogP contribution in [0.4, 0.5) is 0 Å². The monoisotopic (exact) mass is 268 g/mol. The maximum absolute atomic E-state index is 11.9. The smallest absolute Gasteiger partial charge is 0.338 e. The van der Waals surface area contributed by atoms with Crippen LogP contribution < -0.4 is 0 Å². The fraction of sp³-hybridized carbons (Fsp3) is 0.235. The Hall–Kier alpha value is -2.13. The van der Waals surface area contributed by atoms with Crippen LogP contribution in [-0.4, -0.2) is 19.2 Å². The molecule has 2 aromatic carbocycles. The van der Waals surface area contributed by atoms with E-state index in [4.69, 9.17) is 9.47 Å². The highest BCUT2D eigenvalue weighted by molar-refractivity contribution is 5.81. The molecule has 0 aromatic heterocycles. The van der Waals surface area contributed by atoms with Gasteiger partial charge >= 0.3 is 5.97 Å². The lowest BCUT2D eigenvalue weighted by atomic mass is 9.87. The molecule has 3 heteroatoms. The van der Waals surface area contributed by atoms with E-state index in [0.29, 0.717) is 0 Å². The van der Waals surface area contributed by atoms with Gasteiger partial charge in [0.15, 0.2) is 11.7 Å². The van der Waals surface area contributed by atoms with E-state index in [1.807, 2.05) is 61.5 Å². The number of esters is 1. The Balaban J connectivity index is 2.07. The summed E-state index contributed by atoms with van der Waals surface area (Å²) in [5.41, 5.74) is 2.42. The third kappa shape index (κ3) is 1.91. The molecule has 2 aromatic rings. The Labute approximate surface area is 118 Å². The number of ether oxygens (including phenoxy) is 2. The minimum atomic E-state index is -0.706. The molecular weight excluding hydrogens is 252 g/mol. The van der Waals surface area contributed by atoms with Crippen molar-refractivity contribution >= 4 is 5.97 Å². The standard InChI is InChI=1S/C17H16O3/c1-12-8-10-14(11-9-12)17(13-6-4-3-5-7-13)15(20-17)16(18)19-2/h3-11,15H,1-2H3. The summed E-state index contributed by atoms with van der Waals surface area (Å²) < 4.78 is 10.6. The third-order valence-corrected chi connectivity index (χ3v) is 3.71. The van der Waals surface area contributed by atoms with E-state index in [0.717, 1.165) is 11.1 Å². The van der Waals surface area contributed by atoms with Gasteiger partial charge in [-0.3, -0.25) is 0 Å². The van der Waals surface area contributed by atoms with Gasteiger partial charge in [-0.05, 0) is 18.1 Å². The molecular formula is C17H16O3. The van der Waals surface area contributed by atoms with Crippen molar-refractivity contribution in [1.82, 2.24) is 0 Å². The van der Waals surface area contributed by atoms with Crippen LogP contribution in [0.25, 0.3) is 0 Å². The Morgan fingerprint density at radius 3 is 2.25 bits per heavy atom. The van der Waals surface area contributed by atoms with Crippen molar-refractivity contribution in [2.75, 3.05) is 7.11 Å². The number of methoxy groups -OCH3 is 1. The predicted molar refractivity (Wildman–Crippen MR) is 75.3 cm³/mol. The zero-order valence-corrected chi connectivity index (χ0v) is 11.5. The van der Waals surface area contributed by atoms with Crippen LogP contribution in [0.1, 0.15) is 16.7 Å². The minimum absolute atomic E-state index is 0.338. The number of hydrogen-bond donors (Lipinski definition) is 0. The second-order valence-electron chi connectivity index (χ2n) is 4.99. The molecule has 2 unspecified atom stereocenters. The predicted octanol–water partition coefficient (Wildman–Crippen LogP) is 2.81. The zero-order chi connectivity index (χ0) is 14.2. The zero-order valence-electron chi connectivity index (χ0n) is 11.5. The summed E-state index contributed by atoms with van der Waals surface area (Å²) in [5, 5.41) is 0. The van der Waals surface area contributed by atoms with Crippen molar-refractivity contribution in [3.05, 3.63) is 71.3 Å². The average Bonchev–Trinajstić information content (AvgIpc) is 3.25. The van der Waals surface area contributed by atoms with Gasteiger partial charge in [0.1, 0.15) is 0 Å². The number of carbonyl (C=O) groups excluding carboxylic acids is 1. The summed E-state index contributed by atoms with van der Waals surface area (Å²) in [4.78, 5) is 11.9. The molecule has 20 heavy (non-hydrogen) atoms. The molecule has 0 amide bonds. The maximum Gasteiger partial charge on any atom is 0.338 e. The third-order valence-electron chi connectivity index (χ3n) is 3.71. The minimum Gasteiger partial charge on any atom is -0.467 e. The average molecular weight is 268 g/mol. The summed E-state index contributed by atoms with van der Waals surface area (Å²) in [5.74, 6) is -0.338. The van der Waals surface area contributed by atoms with E-state index < -0.39 is 11.7 Å². The first-order valence-corrected chi connectivity index (χ1v) is 6.57. The molecule has 1 fully saturated rings. The van der Waals surface area contributed by atoms with Crippen LogP contribution in [0, 0.1) is 6.92 Å². The van der Waals surface area contributed by atoms with Gasteiger partial charge in [-0.2, -0.15) is 0 Å². The first-order valence-electron chi connectivity index (χ1n) is 6.57. The topological polar surface area (TPSA) is 38.8 Å². The highest BCUT2D eigenvalue weighted by Crippen LogP contribution is 2.52. The van der Waals surface area contributed by atoms with Gasteiger partial charge < -0.3 is 9.47 Å². The van der Waals surface area contributed by atoms with Crippen LogP contribution in [0.2, 0.25) is 0 Å². The highest BCUT2D eigenvalue weighted by Gasteiger charge is 2.63. The fourth-order valence-electron chi connectivity index (χ4n) is 2.57. The van der Waals surface area contributed by atoms with Crippen molar-refractivity contribution in [3.8, 4) is 0 Å².